The summed E-state index contributed by atoms with van der Waals surface area (Å²) in [4.78, 5) is 32.9. The number of aromatic nitrogens is 2. The summed E-state index contributed by atoms with van der Waals surface area (Å²) in [5.74, 6) is 0.0983. The van der Waals surface area contributed by atoms with Crippen LogP contribution in [0.5, 0.6) is 0 Å². The van der Waals surface area contributed by atoms with Crippen molar-refractivity contribution in [2.24, 2.45) is 0 Å². The Labute approximate surface area is 126 Å². The Bertz CT molecular complexity index is 734. The molecule has 22 heavy (non-hydrogen) atoms. The van der Waals surface area contributed by atoms with Gasteiger partial charge in [0.25, 0.3) is 5.56 Å². The number of nitrogens with one attached hydrogen (secondary N) is 1. The zero-order valence-corrected chi connectivity index (χ0v) is 12.8. The van der Waals surface area contributed by atoms with Crippen molar-refractivity contribution in [3.63, 3.8) is 0 Å². The SMILES string of the molecule is CCOC(=O)c1c(C)oc2nc(CN(C)CCO)[nH]c(=O)c12. The summed E-state index contributed by atoms with van der Waals surface area (Å²) in [7, 11) is 1.79. The summed E-state index contributed by atoms with van der Waals surface area (Å²) in [5.41, 5.74) is -0.227. The highest BCUT2D eigenvalue weighted by atomic mass is 16.5. The Balaban J connectivity index is 2.45. The van der Waals surface area contributed by atoms with Gasteiger partial charge in [-0.2, -0.15) is 4.98 Å². The van der Waals surface area contributed by atoms with Crippen molar-refractivity contribution in [2.45, 2.75) is 20.4 Å². The molecule has 2 heterocycles. The number of furan rings is 1. The number of hydrogen-bond donors (Lipinski definition) is 2. The van der Waals surface area contributed by atoms with Gasteiger partial charge in [0.1, 0.15) is 22.5 Å². The number of nitrogens with zero attached hydrogens (tertiary/aromatic N) is 2. The van der Waals surface area contributed by atoms with E-state index in [-0.39, 0.29) is 29.9 Å². The highest BCUT2D eigenvalue weighted by Crippen LogP contribution is 2.22. The second-order valence-electron chi connectivity index (χ2n) is 4.91. The van der Waals surface area contributed by atoms with Crippen LogP contribution < -0.4 is 5.56 Å². The maximum atomic E-state index is 12.3. The van der Waals surface area contributed by atoms with Crippen molar-refractivity contribution >= 4 is 17.1 Å². The molecule has 120 valence electrons. The first-order valence-electron chi connectivity index (χ1n) is 6.96. The first-order valence-corrected chi connectivity index (χ1v) is 6.96. The number of aromatic amines is 1. The van der Waals surface area contributed by atoms with Gasteiger partial charge in [-0.25, -0.2) is 4.79 Å². The summed E-state index contributed by atoms with van der Waals surface area (Å²) in [6.07, 6.45) is 0. The van der Waals surface area contributed by atoms with E-state index < -0.39 is 11.5 Å². The summed E-state index contributed by atoms with van der Waals surface area (Å²) < 4.78 is 10.4. The van der Waals surface area contributed by atoms with E-state index in [1.54, 1.807) is 25.8 Å². The fourth-order valence-electron chi connectivity index (χ4n) is 2.19. The third-order valence-electron chi connectivity index (χ3n) is 3.17. The smallest absolute Gasteiger partial charge is 0.342 e. The van der Waals surface area contributed by atoms with Crippen LogP contribution in [0.4, 0.5) is 0 Å². The molecule has 0 unspecified atom stereocenters. The standard InChI is InChI=1S/C14H19N3O5/c1-4-21-14(20)10-8(2)22-13-11(10)12(19)15-9(16-13)7-17(3)5-6-18/h18H,4-7H2,1-3H3,(H,15,16,19). The molecule has 8 heteroatoms. The minimum atomic E-state index is -0.601. The van der Waals surface area contributed by atoms with Gasteiger partial charge in [0.05, 0.1) is 19.8 Å². The highest BCUT2D eigenvalue weighted by molar-refractivity contribution is 6.03. The Kier molecular flexibility index (Phi) is 4.94. The van der Waals surface area contributed by atoms with Crippen LogP contribution >= 0.6 is 0 Å². The predicted molar refractivity (Wildman–Crippen MR) is 78.7 cm³/mol. The minimum Gasteiger partial charge on any atom is -0.462 e. The van der Waals surface area contributed by atoms with E-state index in [0.29, 0.717) is 24.7 Å². The topological polar surface area (TPSA) is 109 Å². The Morgan fingerprint density at radius 3 is 2.86 bits per heavy atom. The van der Waals surface area contributed by atoms with Crippen LogP contribution in [0.15, 0.2) is 9.21 Å². The number of aryl methyl sites for hydroxylation is 1. The average Bonchev–Trinajstić information content (AvgIpc) is 2.75. The molecule has 0 amide bonds. The Morgan fingerprint density at radius 1 is 1.50 bits per heavy atom. The number of rotatable bonds is 6. The van der Waals surface area contributed by atoms with Gasteiger partial charge in [0, 0.05) is 6.54 Å². The minimum absolute atomic E-state index is 0.00977. The molecule has 0 saturated carbocycles. The molecule has 0 spiro atoms. The Hall–Kier alpha value is -2.19. The van der Waals surface area contributed by atoms with Crippen molar-refractivity contribution < 1.29 is 19.1 Å². The maximum Gasteiger partial charge on any atom is 0.342 e. The molecule has 0 aromatic carbocycles. The summed E-state index contributed by atoms with van der Waals surface area (Å²) in [6, 6.07) is 0. The zero-order valence-electron chi connectivity index (χ0n) is 12.8. The number of aliphatic hydroxyl groups is 1. The van der Waals surface area contributed by atoms with Gasteiger partial charge in [0.15, 0.2) is 0 Å². The van der Waals surface area contributed by atoms with Crippen molar-refractivity contribution in [3.8, 4) is 0 Å². The Morgan fingerprint density at radius 2 is 2.23 bits per heavy atom. The maximum absolute atomic E-state index is 12.3. The van der Waals surface area contributed by atoms with Crippen LogP contribution in [0.2, 0.25) is 0 Å². The lowest BCUT2D eigenvalue weighted by atomic mass is 10.2. The van der Waals surface area contributed by atoms with Crippen LogP contribution in [0, 0.1) is 6.92 Å². The van der Waals surface area contributed by atoms with E-state index in [0.717, 1.165) is 0 Å². The molecule has 0 aliphatic heterocycles. The fourth-order valence-corrected chi connectivity index (χ4v) is 2.19. The number of fused-ring (bicyclic) bond motifs is 1. The molecule has 0 fully saturated rings. The summed E-state index contributed by atoms with van der Waals surface area (Å²) in [5, 5.41) is 8.99. The number of H-pyrrole nitrogens is 1. The van der Waals surface area contributed by atoms with E-state index in [2.05, 4.69) is 9.97 Å². The number of carbonyl (C=O) groups is 1. The first-order chi connectivity index (χ1) is 10.5. The fraction of sp³-hybridized carbons (Fsp3) is 0.500. The number of ether oxygens (including phenoxy) is 1. The highest BCUT2D eigenvalue weighted by Gasteiger charge is 2.23. The molecule has 2 N–H and O–H groups in total. The molecule has 2 aromatic heterocycles. The van der Waals surface area contributed by atoms with Gasteiger partial charge >= 0.3 is 5.97 Å². The van der Waals surface area contributed by atoms with E-state index in [1.807, 2.05) is 0 Å². The molecule has 0 radical (unpaired) electrons. The second-order valence-corrected chi connectivity index (χ2v) is 4.91. The van der Waals surface area contributed by atoms with E-state index in [1.165, 1.54) is 0 Å². The molecule has 8 nitrogen and oxygen atoms in total. The molecular formula is C14H19N3O5. The number of esters is 1. The largest absolute Gasteiger partial charge is 0.462 e. The molecule has 0 saturated heterocycles. The van der Waals surface area contributed by atoms with Crippen molar-refractivity contribution in [1.29, 1.82) is 0 Å². The van der Waals surface area contributed by atoms with Crippen LogP contribution in [-0.4, -0.2) is 52.7 Å². The lowest BCUT2D eigenvalue weighted by Gasteiger charge is -2.13. The third kappa shape index (κ3) is 3.18. The van der Waals surface area contributed by atoms with Crippen molar-refractivity contribution in [1.82, 2.24) is 14.9 Å². The van der Waals surface area contributed by atoms with Crippen molar-refractivity contribution in [3.05, 3.63) is 27.5 Å². The summed E-state index contributed by atoms with van der Waals surface area (Å²) in [6.45, 7) is 4.29. The number of likely N-dealkylation sites (N-methyl/N-ethyl adjacent to an activating group) is 1. The number of hydrogen-bond acceptors (Lipinski definition) is 7. The average molecular weight is 309 g/mol. The van der Waals surface area contributed by atoms with Crippen molar-refractivity contribution in [2.75, 3.05) is 26.8 Å². The van der Waals surface area contributed by atoms with Gasteiger partial charge in [0.2, 0.25) is 5.71 Å². The monoisotopic (exact) mass is 309 g/mol. The van der Waals surface area contributed by atoms with Gasteiger partial charge < -0.3 is 19.2 Å². The van der Waals surface area contributed by atoms with Crippen LogP contribution in [0.25, 0.3) is 11.1 Å². The molecule has 0 aliphatic carbocycles. The van der Waals surface area contributed by atoms with Gasteiger partial charge in [-0.1, -0.05) is 0 Å². The third-order valence-corrected chi connectivity index (χ3v) is 3.17. The number of aliphatic hydroxyl groups excluding tert-OH is 1. The predicted octanol–water partition coefficient (Wildman–Crippen LogP) is 0.425. The normalized spacial score (nSPS) is 11.3. The lowest BCUT2D eigenvalue weighted by molar-refractivity contribution is 0.0526. The quantitative estimate of drug-likeness (QED) is 0.744. The molecular weight excluding hydrogens is 290 g/mol. The molecule has 0 atom stereocenters. The number of carbonyl (C=O) groups excluding carboxylic acids is 1. The van der Waals surface area contributed by atoms with Crippen LogP contribution in [0.1, 0.15) is 28.9 Å². The molecule has 2 rings (SSSR count). The second kappa shape index (κ2) is 6.71. The van der Waals surface area contributed by atoms with E-state index >= 15 is 0 Å². The van der Waals surface area contributed by atoms with E-state index in [9.17, 15) is 9.59 Å². The van der Waals surface area contributed by atoms with Crippen LogP contribution in [-0.2, 0) is 11.3 Å². The zero-order chi connectivity index (χ0) is 16.3. The molecule has 0 bridgehead atoms. The van der Waals surface area contributed by atoms with Crippen LogP contribution in [0.3, 0.4) is 0 Å². The van der Waals surface area contributed by atoms with Gasteiger partial charge in [-0.3, -0.25) is 9.69 Å². The van der Waals surface area contributed by atoms with Gasteiger partial charge in [-0.05, 0) is 20.9 Å². The summed E-state index contributed by atoms with van der Waals surface area (Å²) >= 11 is 0. The van der Waals surface area contributed by atoms with Gasteiger partial charge in [-0.15, -0.1) is 0 Å². The lowest BCUT2D eigenvalue weighted by Crippen LogP contribution is -2.24. The first kappa shape index (κ1) is 16.2. The molecule has 0 aliphatic rings. The van der Waals surface area contributed by atoms with E-state index in [4.69, 9.17) is 14.3 Å². The molecule has 2 aromatic rings.